The highest BCUT2D eigenvalue weighted by Gasteiger charge is 2.15. The number of para-hydroxylation sites is 1. The fourth-order valence-electron chi connectivity index (χ4n) is 1.46. The molecule has 0 amide bonds. The molecule has 0 saturated carbocycles. The molecule has 1 heterocycles. The van der Waals surface area contributed by atoms with Crippen molar-refractivity contribution >= 4 is 23.0 Å². The van der Waals surface area contributed by atoms with Gasteiger partial charge in [0.15, 0.2) is 0 Å². The van der Waals surface area contributed by atoms with Gasteiger partial charge in [0, 0.05) is 10.9 Å². The summed E-state index contributed by atoms with van der Waals surface area (Å²) in [6.07, 6.45) is -0.990. The van der Waals surface area contributed by atoms with Gasteiger partial charge in [-0.2, -0.15) is 0 Å². The van der Waals surface area contributed by atoms with Crippen molar-refractivity contribution in [1.29, 1.82) is 0 Å². The lowest BCUT2D eigenvalue weighted by molar-refractivity contribution is 0.0397. The Morgan fingerprint density at radius 2 is 2.06 bits per heavy atom. The van der Waals surface area contributed by atoms with E-state index in [4.69, 9.17) is 0 Å². The van der Waals surface area contributed by atoms with Crippen LogP contribution >= 0.6 is 0 Å². The van der Waals surface area contributed by atoms with E-state index in [1.54, 1.807) is 13.0 Å². The molecule has 2 rings (SSSR count). The molecule has 0 radical (unpaired) electrons. The number of fused-ring (bicyclic) bond motifs is 1. The van der Waals surface area contributed by atoms with Gasteiger partial charge < -0.3 is 14.5 Å². The number of rotatable bonds is 2. The van der Waals surface area contributed by atoms with E-state index in [2.05, 4.69) is 14.5 Å². The number of esters is 1. The zero-order valence-corrected chi connectivity index (χ0v) is 9.23. The highest BCUT2D eigenvalue weighted by Crippen LogP contribution is 2.15. The lowest BCUT2D eigenvalue weighted by Gasteiger charge is -2.00. The first-order chi connectivity index (χ1) is 8.20. The molecule has 0 bridgehead atoms. The molecule has 0 fully saturated rings. The minimum atomic E-state index is -0.990. The van der Waals surface area contributed by atoms with Gasteiger partial charge in [0.1, 0.15) is 5.69 Å². The van der Waals surface area contributed by atoms with Gasteiger partial charge in [-0.05, 0) is 19.1 Å². The summed E-state index contributed by atoms with van der Waals surface area (Å²) in [5, 5.41) is 0.878. The third kappa shape index (κ3) is 2.44. The molecule has 0 aliphatic rings. The van der Waals surface area contributed by atoms with Crippen LogP contribution in [0, 0.1) is 0 Å². The normalized spacial score (nSPS) is 10.2. The number of aromatic nitrogens is 1. The number of hydrogen-bond acceptors (Lipinski definition) is 4. The zero-order chi connectivity index (χ0) is 12.3. The number of ether oxygens (including phenoxy) is 2. The van der Waals surface area contributed by atoms with Crippen LogP contribution in [0.15, 0.2) is 30.3 Å². The highest BCUT2D eigenvalue weighted by atomic mass is 16.7. The first-order valence-electron chi connectivity index (χ1n) is 5.17. The van der Waals surface area contributed by atoms with E-state index >= 15 is 0 Å². The van der Waals surface area contributed by atoms with Gasteiger partial charge in [-0.1, -0.05) is 18.2 Å². The molecule has 17 heavy (non-hydrogen) atoms. The van der Waals surface area contributed by atoms with Crippen LogP contribution in [0.4, 0.5) is 4.79 Å². The SMILES string of the molecule is CCOC(=O)OC(=O)c1cc2ccccc2[nH]1. The molecular formula is C12H11NO4. The zero-order valence-electron chi connectivity index (χ0n) is 9.23. The lowest BCUT2D eigenvalue weighted by Crippen LogP contribution is -2.14. The van der Waals surface area contributed by atoms with E-state index in [1.807, 2.05) is 24.3 Å². The summed E-state index contributed by atoms with van der Waals surface area (Å²) in [7, 11) is 0. The quantitative estimate of drug-likeness (QED) is 0.639. The van der Waals surface area contributed by atoms with Crippen LogP contribution in [0.1, 0.15) is 17.4 Å². The van der Waals surface area contributed by atoms with Crippen LogP contribution < -0.4 is 0 Å². The van der Waals surface area contributed by atoms with E-state index in [9.17, 15) is 9.59 Å². The molecule has 0 atom stereocenters. The van der Waals surface area contributed by atoms with E-state index < -0.39 is 12.1 Å². The summed E-state index contributed by atoms with van der Waals surface area (Å²) >= 11 is 0. The second-order valence-corrected chi connectivity index (χ2v) is 3.34. The molecule has 2 aromatic rings. The van der Waals surface area contributed by atoms with E-state index in [-0.39, 0.29) is 12.3 Å². The molecule has 1 N–H and O–H groups in total. The van der Waals surface area contributed by atoms with Gasteiger partial charge in [-0.25, -0.2) is 9.59 Å². The van der Waals surface area contributed by atoms with Crippen molar-refractivity contribution in [3.63, 3.8) is 0 Å². The largest absolute Gasteiger partial charge is 0.516 e. The fourth-order valence-corrected chi connectivity index (χ4v) is 1.46. The maximum Gasteiger partial charge on any atom is 0.516 e. The monoisotopic (exact) mass is 233 g/mol. The Morgan fingerprint density at radius 1 is 1.29 bits per heavy atom. The number of hydrogen-bond donors (Lipinski definition) is 1. The summed E-state index contributed by atoms with van der Waals surface area (Å²) in [6.45, 7) is 1.80. The Bertz CT molecular complexity index is 525. The van der Waals surface area contributed by atoms with Crippen LogP contribution in [0.5, 0.6) is 0 Å². The second kappa shape index (κ2) is 4.69. The van der Waals surface area contributed by atoms with Gasteiger partial charge in [0.25, 0.3) is 0 Å². The smallest absolute Gasteiger partial charge is 0.434 e. The van der Waals surface area contributed by atoms with Crippen LogP contribution in [0.25, 0.3) is 10.9 Å². The summed E-state index contributed by atoms with van der Waals surface area (Å²) in [5.41, 5.74) is 1.03. The van der Waals surface area contributed by atoms with Crippen molar-refractivity contribution in [3.05, 3.63) is 36.0 Å². The average Bonchev–Trinajstić information content (AvgIpc) is 2.72. The van der Waals surface area contributed by atoms with Crippen molar-refractivity contribution in [1.82, 2.24) is 4.98 Å². The molecule has 1 aromatic carbocycles. The van der Waals surface area contributed by atoms with Crippen molar-refractivity contribution in [3.8, 4) is 0 Å². The van der Waals surface area contributed by atoms with Crippen LogP contribution in [-0.2, 0) is 9.47 Å². The third-order valence-corrected chi connectivity index (χ3v) is 2.19. The molecule has 88 valence electrons. The Labute approximate surface area is 97.3 Å². The van der Waals surface area contributed by atoms with Gasteiger partial charge >= 0.3 is 12.1 Å². The maximum atomic E-state index is 11.5. The molecule has 0 spiro atoms. The molecular weight excluding hydrogens is 222 g/mol. The Kier molecular flexibility index (Phi) is 3.09. The van der Waals surface area contributed by atoms with Crippen LogP contribution in [0.2, 0.25) is 0 Å². The van der Waals surface area contributed by atoms with Gasteiger partial charge in [0.05, 0.1) is 6.61 Å². The van der Waals surface area contributed by atoms with Crippen LogP contribution in [0.3, 0.4) is 0 Å². The number of benzene rings is 1. The first-order valence-corrected chi connectivity index (χ1v) is 5.17. The van der Waals surface area contributed by atoms with E-state index in [0.29, 0.717) is 0 Å². The molecule has 0 aliphatic carbocycles. The van der Waals surface area contributed by atoms with Crippen molar-refractivity contribution < 1.29 is 19.1 Å². The Morgan fingerprint density at radius 3 is 2.76 bits per heavy atom. The highest BCUT2D eigenvalue weighted by molar-refractivity contribution is 5.98. The molecule has 1 aromatic heterocycles. The Hall–Kier alpha value is -2.30. The molecule has 5 heteroatoms. The number of carbonyl (C=O) groups is 2. The number of aromatic amines is 1. The van der Waals surface area contributed by atoms with Crippen LogP contribution in [-0.4, -0.2) is 23.7 Å². The predicted octanol–water partition coefficient (Wildman–Crippen LogP) is 2.48. The fraction of sp³-hybridized carbons (Fsp3) is 0.167. The molecule has 5 nitrogen and oxygen atoms in total. The number of carbonyl (C=O) groups excluding carboxylic acids is 2. The first kappa shape index (κ1) is 11.2. The lowest BCUT2D eigenvalue weighted by atomic mass is 10.2. The van der Waals surface area contributed by atoms with Crippen molar-refractivity contribution in [2.24, 2.45) is 0 Å². The summed E-state index contributed by atoms with van der Waals surface area (Å²) < 4.78 is 8.99. The maximum absolute atomic E-state index is 11.5. The topological polar surface area (TPSA) is 68.4 Å². The molecule has 0 saturated heterocycles. The van der Waals surface area contributed by atoms with E-state index in [0.717, 1.165) is 10.9 Å². The molecule has 0 unspecified atom stereocenters. The third-order valence-electron chi connectivity index (χ3n) is 2.19. The van der Waals surface area contributed by atoms with Gasteiger partial charge in [-0.3, -0.25) is 0 Å². The molecule has 0 aliphatic heterocycles. The Balaban J connectivity index is 2.16. The van der Waals surface area contributed by atoms with Gasteiger partial charge in [-0.15, -0.1) is 0 Å². The second-order valence-electron chi connectivity index (χ2n) is 3.34. The summed E-state index contributed by atoms with van der Waals surface area (Å²) in [6, 6.07) is 9.01. The number of H-pyrrole nitrogens is 1. The minimum absolute atomic E-state index is 0.165. The van der Waals surface area contributed by atoms with Crippen molar-refractivity contribution in [2.45, 2.75) is 6.92 Å². The summed E-state index contributed by atoms with van der Waals surface area (Å²) in [4.78, 5) is 25.4. The van der Waals surface area contributed by atoms with Gasteiger partial charge in [0.2, 0.25) is 0 Å². The summed E-state index contributed by atoms with van der Waals surface area (Å²) in [5.74, 6) is -0.750. The van der Waals surface area contributed by atoms with Crippen molar-refractivity contribution in [2.75, 3.05) is 6.61 Å². The number of nitrogens with one attached hydrogen (secondary N) is 1. The predicted molar refractivity (Wildman–Crippen MR) is 60.7 cm³/mol. The standard InChI is InChI=1S/C12H11NO4/c1-2-16-12(15)17-11(14)10-7-8-5-3-4-6-9(8)13-10/h3-7,13H,2H2,1H3. The van der Waals surface area contributed by atoms with E-state index in [1.165, 1.54) is 0 Å². The average molecular weight is 233 g/mol. The minimum Gasteiger partial charge on any atom is -0.434 e.